The third kappa shape index (κ3) is 3.74. The molecular formula is C20H24N4O3. The lowest BCUT2D eigenvalue weighted by atomic mass is 10.1. The molecule has 1 aromatic carbocycles. The van der Waals surface area contributed by atoms with Gasteiger partial charge in [-0.3, -0.25) is 9.58 Å². The van der Waals surface area contributed by atoms with Gasteiger partial charge in [0.15, 0.2) is 5.76 Å². The van der Waals surface area contributed by atoms with Crippen LogP contribution in [0.4, 0.5) is 0 Å². The normalized spacial score (nSPS) is 18.0. The van der Waals surface area contributed by atoms with Gasteiger partial charge in [-0.1, -0.05) is 17.3 Å². The molecule has 142 valence electrons. The Bertz CT molecular complexity index is 918. The summed E-state index contributed by atoms with van der Waals surface area (Å²) in [5.41, 5.74) is 4.03. The highest BCUT2D eigenvalue weighted by Crippen LogP contribution is 2.27. The third-order valence-corrected chi connectivity index (χ3v) is 5.07. The van der Waals surface area contributed by atoms with Crippen LogP contribution in [0.25, 0.3) is 11.3 Å². The van der Waals surface area contributed by atoms with Gasteiger partial charge in [-0.05, 0) is 24.6 Å². The van der Waals surface area contributed by atoms with E-state index in [2.05, 4.69) is 21.2 Å². The minimum absolute atomic E-state index is 0.0248. The Hall–Kier alpha value is -2.64. The van der Waals surface area contributed by atoms with Crippen LogP contribution >= 0.6 is 0 Å². The summed E-state index contributed by atoms with van der Waals surface area (Å²) < 4.78 is 18.7. The number of rotatable bonds is 5. The number of aryl methyl sites for hydroxylation is 1. The predicted molar refractivity (Wildman–Crippen MR) is 100 cm³/mol. The lowest BCUT2D eigenvalue weighted by Gasteiger charge is -2.32. The van der Waals surface area contributed by atoms with Gasteiger partial charge >= 0.3 is 0 Å². The van der Waals surface area contributed by atoms with E-state index in [1.807, 2.05) is 49.1 Å². The topological polar surface area (TPSA) is 65.5 Å². The van der Waals surface area contributed by atoms with E-state index in [0.29, 0.717) is 13.2 Å². The number of morpholine rings is 1. The maximum absolute atomic E-state index is 5.97. The molecule has 2 aromatic heterocycles. The summed E-state index contributed by atoms with van der Waals surface area (Å²) in [6.45, 7) is 5.08. The number of hydrogen-bond acceptors (Lipinski definition) is 6. The zero-order valence-corrected chi connectivity index (χ0v) is 15.9. The van der Waals surface area contributed by atoms with Gasteiger partial charge in [0.2, 0.25) is 0 Å². The van der Waals surface area contributed by atoms with E-state index >= 15 is 0 Å². The first-order chi connectivity index (χ1) is 13.1. The number of nitrogens with zero attached hydrogens (tertiary/aromatic N) is 4. The molecule has 0 aliphatic carbocycles. The van der Waals surface area contributed by atoms with Crippen molar-refractivity contribution in [3.8, 4) is 17.0 Å². The standard InChI is InChI=1S/C20H24N4O3/c1-14-18(11-21-23(14)2)19-10-17(27-22-19)12-24-7-8-26-20(13-24)15-5-4-6-16(9-15)25-3/h4-6,9-11,20H,7-8,12-13H2,1-3H3. The Morgan fingerprint density at radius 1 is 1.30 bits per heavy atom. The van der Waals surface area contributed by atoms with Gasteiger partial charge in [-0.25, -0.2) is 0 Å². The number of benzene rings is 1. The van der Waals surface area contributed by atoms with E-state index in [1.54, 1.807) is 7.11 Å². The Morgan fingerprint density at radius 2 is 2.19 bits per heavy atom. The molecule has 0 radical (unpaired) electrons. The molecule has 0 bridgehead atoms. The molecule has 0 saturated carbocycles. The second-order valence-electron chi connectivity index (χ2n) is 6.82. The zero-order chi connectivity index (χ0) is 18.8. The molecule has 1 unspecified atom stereocenters. The molecule has 0 spiro atoms. The van der Waals surface area contributed by atoms with Crippen LogP contribution in [0.15, 0.2) is 41.1 Å². The molecule has 1 fully saturated rings. The average Bonchev–Trinajstić information content (AvgIpc) is 3.29. The van der Waals surface area contributed by atoms with Crippen LogP contribution in [0.3, 0.4) is 0 Å². The van der Waals surface area contributed by atoms with Gasteiger partial charge in [0.1, 0.15) is 11.4 Å². The molecule has 1 aliphatic heterocycles. The fourth-order valence-electron chi connectivity index (χ4n) is 3.37. The average molecular weight is 368 g/mol. The maximum atomic E-state index is 5.97. The molecule has 1 aliphatic rings. The Balaban J connectivity index is 1.44. The molecule has 7 heteroatoms. The largest absolute Gasteiger partial charge is 0.497 e. The molecule has 1 saturated heterocycles. The maximum Gasteiger partial charge on any atom is 0.151 e. The molecule has 0 N–H and O–H groups in total. The fraction of sp³-hybridized carbons (Fsp3) is 0.400. The Kier molecular flexibility index (Phi) is 4.96. The van der Waals surface area contributed by atoms with Crippen molar-refractivity contribution in [3.63, 3.8) is 0 Å². The van der Waals surface area contributed by atoms with Crippen molar-refractivity contribution in [1.29, 1.82) is 0 Å². The van der Waals surface area contributed by atoms with Crippen LogP contribution in [0.5, 0.6) is 5.75 Å². The van der Waals surface area contributed by atoms with Crippen molar-refractivity contribution in [2.24, 2.45) is 7.05 Å². The van der Waals surface area contributed by atoms with Gasteiger partial charge in [-0.2, -0.15) is 5.10 Å². The molecule has 0 amide bonds. The van der Waals surface area contributed by atoms with Gasteiger partial charge in [0.05, 0.1) is 32.6 Å². The SMILES string of the molecule is COc1cccc(C2CN(Cc3cc(-c4cnn(C)c4C)no3)CCO2)c1. The number of methoxy groups -OCH3 is 1. The van der Waals surface area contributed by atoms with Crippen LogP contribution in [0, 0.1) is 6.92 Å². The lowest BCUT2D eigenvalue weighted by molar-refractivity contribution is -0.0351. The highest BCUT2D eigenvalue weighted by atomic mass is 16.5. The zero-order valence-electron chi connectivity index (χ0n) is 15.9. The number of hydrogen-bond donors (Lipinski definition) is 0. The van der Waals surface area contributed by atoms with Crippen LogP contribution in [-0.4, -0.2) is 46.6 Å². The van der Waals surface area contributed by atoms with Gasteiger partial charge in [-0.15, -0.1) is 0 Å². The summed E-state index contributed by atoms with van der Waals surface area (Å²) >= 11 is 0. The van der Waals surface area contributed by atoms with E-state index < -0.39 is 0 Å². The van der Waals surface area contributed by atoms with E-state index in [1.165, 1.54) is 0 Å². The highest BCUT2D eigenvalue weighted by molar-refractivity contribution is 5.60. The van der Waals surface area contributed by atoms with Crippen molar-refractivity contribution >= 4 is 0 Å². The van der Waals surface area contributed by atoms with E-state index in [9.17, 15) is 0 Å². The summed E-state index contributed by atoms with van der Waals surface area (Å²) in [5.74, 6) is 1.69. The molecule has 1 atom stereocenters. The van der Waals surface area contributed by atoms with Crippen LogP contribution < -0.4 is 4.74 Å². The summed E-state index contributed by atoms with van der Waals surface area (Å²) in [6.07, 6.45) is 1.85. The summed E-state index contributed by atoms with van der Waals surface area (Å²) in [7, 11) is 3.60. The van der Waals surface area contributed by atoms with Crippen LogP contribution in [0.1, 0.15) is 23.1 Å². The second-order valence-corrected chi connectivity index (χ2v) is 6.82. The van der Waals surface area contributed by atoms with E-state index in [0.717, 1.165) is 47.1 Å². The second kappa shape index (κ2) is 7.54. The molecular weight excluding hydrogens is 344 g/mol. The highest BCUT2D eigenvalue weighted by Gasteiger charge is 2.24. The summed E-state index contributed by atoms with van der Waals surface area (Å²) in [6, 6.07) is 10.1. The summed E-state index contributed by atoms with van der Waals surface area (Å²) in [5, 5.41) is 8.50. The Morgan fingerprint density at radius 3 is 2.96 bits per heavy atom. The monoisotopic (exact) mass is 368 g/mol. The molecule has 7 nitrogen and oxygen atoms in total. The predicted octanol–water partition coefficient (Wildman–Crippen LogP) is 2.97. The van der Waals surface area contributed by atoms with Crippen molar-refractivity contribution < 1.29 is 14.0 Å². The van der Waals surface area contributed by atoms with Crippen molar-refractivity contribution in [2.75, 3.05) is 26.8 Å². The van der Waals surface area contributed by atoms with Crippen LogP contribution in [-0.2, 0) is 18.3 Å². The lowest BCUT2D eigenvalue weighted by Crippen LogP contribution is -2.37. The number of aromatic nitrogens is 3. The minimum Gasteiger partial charge on any atom is -0.497 e. The van der Waals surface area contributed by atoms with Gasteiger partial charge in [0, 0.05) is 37.5 Å². The molecule has 27 heavy (non-hydrogen) atoms. The molecule has 4 rings (SSSR count). The minimum atomic E-state index is 0.0248. The first-order valence-corrected chi connectivity index (χ1v) is 9.06. The van der Waals surface area contributed by atoms with Crippen molar-refractivity contribution in [1.82, 2.24) is 19.8 Å². The smallest absolute Gasteiger partial charge is 0.151 e. The van der Waals surface area contributed by atoms with E-state index in [4.69, 9.17) is 14.0 Å². The van der Waals surface area contributed by atoms with Gasteiger partial charge in [0.25, 0.3) is 0 Å². The van der Waals surface area contributed by atoms with Gasteiger partial charge < -0.3 is 14.0 Å². The van der Waals surface area contributed by atoms with Crippen LogP contribution in [0.2, 0.25) is 0 Å². The quantitative estimate of drug-likeness (QED) is 0.690. The molecule has 3 heterocycles. The van der Waals surface area contributed by atoms with Crippen molar-refractivity contribution in [2.45, 2.75) is 19.6 Å². The fourth-order valence-corrected chi connectivity index (χ4v) is 3.37. The third-order valence-electron chi connectivity index (χ3n) is 5.07. The first kappa shape index (κ1) is 17.8. The first-order valence-electron chi connectivity index (χ1n) is 9.06. The summed E-state index contributed by atoms with van der Waals surface area (Å²) in [4.78, 5) is 2.33. The Labute approximate surface area is 158 Å². The number of ether oxygens (including phenoxy) is 2. The van der Waals surface area contributed by atoms with Crippen molar-refractivity contribution in [3.05, 3.63) is 53.5 Å². The van der Waals surface area contributed by atoms with E-state index in [-0.39, 0.29) is 6.10 Å². The molecule has 3 aromatic rings.